The smallest absolute Gasteiger partial charge is 0.317 e. The zero-order valence-corrected chi connectivity index (χ0v) is 15.9. The number of amides is 2. The SMILES string of the molecule is O=C(NCCn1ccnc1)N1CCC2(CCCN(Cc3ccccc3)C2)C1. The van der Waals surface area contributed by atoms with Crippen LogP contribution in [0.1, 0.15) is 24.8 Å². The van der Waals surface area contributed by atoms with Crippen LogP contribution in [0.25, 0.3) is 0 Å². The molecule has 144 valence electrons. The summed E-state index contributed by atoms with van der Waals surface area (Å²) in [6.45, 7) is 6.42. The highest BCUT2D eigenvalue weighted by atomic mass is 16.2. The quantitative estimate of drug-likeness (QED) is 0.884. The first kappa shape index (κ1) is 18.0. The lowest BCUT2D eigenvalue weighted by atomic mass is 9.79. The maximum absolute atomic E-state index is 12.5. The minimum atomic E-state index is 0.0761. The lowest BCUT2D eigenvalue weighted by molar-refractivity contribution is 0.0898. The first-order valence-corrected chi connectivity index (χ1v) is 9.97. The van der Waals surface area contributed by atoms with Crippen LogP contribution in [0.5, 0.6) is 0 Å². The molecule has 6 heteroatoms. The molecule has 1 aromatic heterocycles. The van der Waals surface area contributed by atoms with Gasteiger partial charge in [-0.2, -0.15) is 0 Å². The highest BCUT2D eigenvalue weighted by molar-refractivity contribution is 5.74. The van der Waals surface area contributed by atoms with Crippen molar-refractivity contribution in [3.05, 3.63) is 54.6 Å². The average molecular weight is 367 g/mol. The van der Waals surface area contributed by atoms with Gasteiger partial charge >= 0.3 is 6.03 Å². The van der Waals surface area contributed by atoms with E-state index < -0.39 is 0 Å². The maximum atomic E-state index is 12.5. The molecule has 0 bridgehead atoms. The van der Waals surface area contributed by atoms with Crippen molar-refractivity contribution in [3.8, 4) is 0 Å². The van der Waals surface area contributed by atoms with Gasteiger partial charge in [-0.1, -0.05) is 30.3 Å². The monoisotopic (exact) mass is 367 g/mol. The molecule has 1 unspecified atom stereocenters. The molecule has 0 aliphatic carbocycles. The van der Waals surface area contributed by atoms with Crippen molar-refractivity contribution in [2.24, 2.45) is 5.41 Å². The molecular weight excluding hydrogens is 338 g/mol. The van der Waals surface area contributed by atoms with Crippen LogP contribution in [0.4, 0.5) is 4.79 Å². The summed E-state index contributed by atoms with van der Waals surface area (Å²) in [4.78, 5) is 21.2. The number of hydrogen-bond acceptors (Lipinski definition) is 3. The predicted molar refractivity (Wildman–Crippen MR) is 105 cm³/mol. The summed E-state index contributed by atoms with van der Waals surface area (Å²) in [7, 11) is 0. The molecule has 2 amide bonds. The second kappa shape index (κ2) is 8.13. The Morgan fingerprint density at radius 2 is 2.04 bits per heavy atom. The van der Waals surface area contributed by atoms with Gasteiger partial charge in [0.15, 0.2) is 0 Å². The molecule has 2 fully saturated rings. The number of urea groups is 1. The Kier molecular flexibility index (Phi) is 5.43. The molecule has 3 heterocycles. The van der Waals surface area contributed by atoms with Crippen molar-refractivity contribution in [2.45, 2.75) is 32.4 Å². The van der Waals surface area contributed by atoms with E-state index in [0.29, 0.717) is 6.54 Å². The van der Waals surface area contributed by atoms with Crippen molar-refractivity contribution in [2.75, 3.05) is 32.7 Å². The lowest BCUT2D eigenvalue weighted by Gasteiger charge is -2.40. The van der Waals surface area contributed by atoms with Crippen LogP contribution in [0.15, 0.2) is 49.1 Å². The third kappa shape index (κ3) is 4.50. The number of carbonyl (C=O) groups is 1. The average Bonchev–Trinajstić information content (AvgIpc) is 3.33. The van der Waals surface area contributed by atoms with Crippen LogP contribution in [-0.4, -0.2) is 58.1 Å². The molecule has 0 saturated carbocycles. The number of aromatic nitrogens is 2. The number of likely N-dealkylation sites (tertiary alicyclic amines) is 2. The van der Waals surface area contributed by atoms with Gasteiger partial charge in [0.05, 0.1) is 6.33 Å². The third-order valence-corrected chi connectivity index (χ3v) is 5.92. The summed E-state index contributed by atoms with van der Waals surface area (Å²) in [5.41, 5.74) is 1.65. The third-order valence-electron chi connectivity index (χ3n) is 5.92. The normalized spacial score (nSPS) is 23.0. The summed E-state index contributed by atoms with van der Waals surface area (Å²) in [5, 5.41) is 3.06. The molecule has 2 saturated heterocycles. The maximum Gasteiger partial charge on any atom is 0.317 e. The van der Waals surface area contributed by atoms with Crippen LogP contribution in [0.3, 0.4) is 0 Å². The topological polar surface area (TPSA) is 53.4 Å². The van der Waals surface area contributed by atoms with Crippen LogP contribution < -0.4 is 5.32 Å². The van der Waals surface area contributed by atoms with Gasteiger partial charge in [-0.15, -0.1) is 0 Å². The molecule has 27 heavy (non-hydrogen) atoms. The summed E-state index contributed by atoms with van der Waals surface area (Å²) >= 11 is 0. The molecule has 4 rings (SSSR count). The molecule has 2 aliphatic heterocycles. The molecule has 1 aromatic carbocycles. The number of benzene rings is 1. The van der Waals surface area contributed by atoms with Gasteiger partial charge in [-0.25, -0.2) is 9.78 Å². The molecule has 1 N–H and O–H groups in total. The van der Waals surface area contributed by atoms with E-state index in [1.165, 1.54) is 18.4 Å². The Morgan fingerprint density at radius 1 is 1.15 bits per heavy atom. The number of imidazole rings is 1. The molecule has 1 spiro atoms. The van der Waals surface area contributed by atoms with Crippen molar-refractivity contribution in [1.82, 2.24) is 24.7 Å². The summed E-state index contributed by atoms with van der Waals surface area (Å²) in [6, 6.07) is 10.8. The van der Waals surface area contributed by atoms with Crippen LogP contribution in [0, 0.1) is 5.41 Å². The molecule has 6 nitrogen and oxygen atoms in total. The Balaban J connectivity index is 1.27. The van der Waals surface area contributed by atoms with Gasteiger partial charge in [0.2, 0.25) is 0 Å². The first-order valence-electron chi connectivity index (χ1n) is 9.97. The zero-order chi connectivity index (χ0) is 18.5. The van der Waals surface area contributed by atoms with Crippen molar-refractivity contribution in [1.29, 1.82) is 0 Å². The highest BCUT2D eigenvalue weighted by Gasteiger charge is 2.42. The molecule has 0 radical (unpaired) electrons. The van der Waals surface area contributed by atoms with E-state index in [4.69, 9.17) is 0 Å². The van der Waals surface area contributed by atoms with Crippen LogP contribution in [0.2, 0.25) is 0 Å². The first-order chi connectivity index (χ1) is 13.2. The van der Waals surface area contributed by atoms with E-state index in [1.807, 2.05) is 15.7 Å². The van der Waals surface area contributed by atoms with Gasteiger partial charge in [0.1, 0.15) is 0 Å². The largest absolute Gasteiger partial charge is 0.336 e. The van der Waals surface area contributed by atoms with E-state index in [9.17, 15) is 4.79 Å². The Morgan fingerprint density at radius 3 is 2.85 bits per heavy atom. The van der Waals surface area contributed by atoms with E-state index >= 15 is 0 Å². The Labute approximate surface area is 161 Å². The van der Waals surface area contributed by atoms with Crippen molar-refractivity contribution >= 4 is 6.03 Å². The summed E-state index contributed by atoms with van der Waals surface area (Å²) in [5.74, 6) is 0. The molecule has 2 aliphatic rings. The van der Waals surface area contributed by atoms with Crippen molar-refractivity contribution in [3.63, 3.8) is 0 Å². The fraction of sp³-hybridized carbons (Fsp3) is 0.524. The number of piperidine rings is 1. The van der Waals surface area contributed by atoms with E-state index in [2.05, 4.69) is 45.5 Å². The van der Waals surface area contributed by atoms with Gasteiger partial charge in [-0.3, -0.25) is 4.90 Å². The standard InChI is InChI=1S/C21H29N5O/c27-20(23-10-14-24-13-9-22-18-24)26-12-8-21(17-26)7-4-11-25(16-21)15-19-5-2-1-3-6-19/h1-3,5-6,9,13,18H,4,7-8,10-12,14-17H2,(H,23,27). The van der Waals surface area contributed by atoms with Crippen LogP contribution in [-0.2, 0) is 13.1 Å². The van der Waals surface area contributed by atoms with Gasteiger partial charge in [0, 0.05) is 57.1 Å². The second-order valence-corrected chi connectivity index (χ2v) is 8.00. The van der Waals surface area contributed by atoms with Crippen molar-refractivity contribution < 1.29 is 4.79 Å². The van der Waals surface area contributed by atoms with E-state index in [1.54, 1.807) is 12.5 Å². The van der Waals surface area contributed by atoms with Gasteiger partial charge in [-0.05, 0) is 31.4 Å². The van der Waals surface area contributed by atoms with Crippen LogP contribution >= 0.6 is 0 Å². The summed E-state index contributed by atoms with van der Waals surface area (Å²) < 4.78 is 1.98. The van der Waals surface area contributed by atoms with E-state index in [-0.39, 0.29) is 11.4 Å². The zero-order valence-electron chi connectivity index (χ0n) is 15.9. The Hall–Kier alpha value is -2.34. The molecular formula is C21H29N5O. The number of nitrogens with zero attached hydrogens (tertiary/aromatic N) is 4. The number of rotatable bonds is 5. The molecule has 1 atom stereocenters. The highest BCUT2D eigenvalue weighted by Crippen LogP contribution is 2.39. The number of nitrogens with one attached hydrogen (secondary N) is 1. The number of hydrogen-bond donors (Lipinski definition) is 1. The summed E-state index contributed by atoms with van der Waals surface area (Å²) in [6.07, 6.45) is 9.03. The minimum Gasteiger partial charge on any atom is -0.336 e. The second-order valence-electron chi connectivity index (χ2n) is 8.00. The molecule has 2 aromatic rings. The van der Waals surface area contributed by atoms with Gasteiger partial charge in [0.25, 0.3) is 0 Å². The van der Waals surface area contributed by atoms with E-state index in [0.717, 1.165) is 45.7 Å². The fourth-order valence-corrected chi connectivity index (χ4v) is 4.55. The van der Waals surface area contributed by atoms with Gasteiger partial charge < -0.3 is 14.8 Å². The number of carbonyl (C=O) groups excluding carboxylic acids is 1. The Bertz CT molecular complexity index is 732. The fourth-order valence-electron chi connectivity index (χ4n) is 4.55. The predicted octanol–water partition coefficient (Wildman–Crippen LogP) is 2.58. The lowest BCUT2D eigenvalue weighted by Crippen LogP contribution is -2.46. The minimum absolute atomic E-state index is 0.0761.